The summed E-state index contributed by atoms with van der Waals surface area (Å²) in [5.74, 6) is 0.0924. The van der Waals surface area contributed by atoms with Crippen LogP contribution < -0.4 is 4.90 Å². The summed E-state index contributed by atoms with van der Waals surface area (Å²) in [4.78, 5) is 21.1. The lowest BCUT2D eigenvalue weighted by Crippen LogP contribution is -2.47. The standard InChI is InChI=1S/C27H29FN6O4/c1-27(2,3)38-26(36)32-13-19-22(14-32)30-21(25-17(12-29)5-4-6-20(25)28)11-23(19)34-8-7-24(31-34)33-9-10-37-16-18(33)15-35/h4-8,11,18,35H,9-10,13-16H2,1-3H3/t18-/m0/s1. The molecule has 0 unspecified atom stereocenters. The van der Waals surface area contributed by atoms with Gasteiger partial charge in [0, 0.05) is 24.4 Å². The number of fused-ring (bicyclic) bond motifs is 1. The smallest absolute Gasteiger partial charge is 0.410 e. The molecule has 5 rings (SSSR count). The first-order valence-corrected chi connectivity index (χ1v) is 12.4. The summed E-state index contributed by atoms with van der Waals surface area (Å²) in [6, 6.07) is 9.67. The van der Waals surface area contributed by atoms with Crippen molar-refractivity contribution in [1.29, 1.82) is 5.26 Å². The van der Waals surface area contributed by atoms with Gasteiger partial charge in [0.05, 0.1) is 73.2 Å². The van der Waals surface area contributed by atoms with E-state index in [9.17, 15) is 19.6 Å². The molecular weight excluding hydrogens is 491 g/mol. The van der Waals surface area contributed by atoms with Crippen LogP contribution in [0.15, 0.2) is 36.5 Å². The van der Waals surface area contributed by atoms with Gasteiger partial charge >= 0.3 is 6.09 Å². The fraction of sp³-hybridized carbons (Fsp3) is 0.407. The summed E-state index contributed by atoms with van der Waals surface area (Å²) >= 11 is 0. The average Bonchev–Trinajstić information content (AvgIpc) is 3.54. The highest BCUT2D eigenvalue weighted by molar-refractivity contribution is 5.73. The van der Waals surface area contributed by atoms with Gasteiger partial charge in [-0.1, -0.05) is 6.07 Å². The fourth-order valence-electron chi connectivity index (χ4n) is 4.72. The molecule has 0 radical (unpaired) electrons. The Morgan fingerprint density at radius 2 is 2.13 bits per heavy atom. The molecule has 2 aliphatic rings. The second-order valence-corrected chi connectivity index (χ2v) is 10.3. The monoisotopic (exact) mass is 520 g/mol. The van der Waals surface area contributed by atoms with E-state index in [-0.39, 0.29) is 42.6 Å². The molecule has 38 heavy (non-hydrogen) atoms. The Hall–Kier alpha value is -4.01. The predicted molar refractivity (Wildman–Crippen MR) is 136 cm³/mol. The highest BCUT2D eigenvalue weighted by Crippen LogP contribution is 2.34. The molecule has 0 aliphatic carbocycles. The summed E-state index contributed by atoms with van der Waals surface area (Å²) in [5, 5.41) is 24.2. The van der Waals surface area contributed by atoms with Crippen molar-refractivity contribution in [2.75, 3.05) is 31.3 Å². The lowest BCUT2D eigenvalue weighted by Gasteiger charge is -2.34. The van der Waals surface area contributed by atoms with Gasteiger partial charge in [-0.05, 0) is 39.0 Å². The Morgan fingerprint density at radius 3 is 2.87 bits per heavy atom. The number of aliphatic hydroxyl groups excluding tert-OH is 1. The van der Waals surface area contributed by atoms with E-state index in [2.05, 4.69) is 4.98 Å². The van der Waals surface area contributed by atoms with Crippen LogP contribution in [0.25, 0.3) is 16.9 Å². The molecule has 1 fully saturated rings. The number of hydrogen-bond donors (Lipinski definition) is 1. The lowest BCUT2D eigenvalue weighted by molar-refractivity contribution is 0.0240. The first-order valence-electron chi connectivity index (χ1n) is 12.4. The number of ether oxygens (including phenoxy) is 2. The number of benzene rings is 1. The largest absolute Gasteiger partial charge is 0.444 e. The molecule has 0 bridgehead atoms. The van der Waals surface area contributed by atoms with Gasteiger partial charge in [0.1, 0.15) is 11.4 Å². The quantitative estimate of drug-likeness (QED) is 0.557. The molecule has 4 heterocycles. The number of morpholine rings is 1. The Kier molecular flexibility index (Phi) is 6.77. The van der Waals surface area contributed by atoms with Crippen molar-refractivity contribution in [3.8, 4) is 23.0 Å². The van der Waals surface area contributed by atoms with Crippen LogP contribution in [0, 0.1) is 17.1 Å². The summed E-state index contributed by atoms with van der Waals surface area (Å²) < 4.78 is 27.7. The van der Waals surface area contributed by atoms with Gasteiger partial charge in [-0.3, -0.25) is 9.88 Å². The Balaban J connectivity index is 1.59. The molecular formula is C27H29FN6O4. The van der Waals surface area contributed by atoms with Crippen molar-refractivity contribution in [3.63, 3.8) is 0 Å². The molecule has 2 aromatic heterocycles. The van der Waals surface area contributed by atoms with E-state index < -0.39 is 17.5 Å². The summed E-state index contributed by atoms with van der Waals surface area (Å²) in [5.41, 5.74) is 1.80. The Bertz CT molecular complexity index is 1410. The zero-order valence-electron chi connectivity index (χ0n) is 21.5. The van der Waals surface area contributed by atoms with Crippen molar-refractivity contribution in [2.24, 2.45) is 0 Å². The highest BCUT2D eigenvalue weighted by Gasteiger charge is 2.32. The van der Waals surface area contributed by atoms with Crippen molar-refractivity contribution in [1.82, 2.24) is 19.7 Å². The van der Waals surface area contributed by atoms with Crippen LogP contribution in [0.2, 0.25) is 0 Å². The molecule has 1 saturated heterocycles. The van der Waals surface area contributed by atoms with Crippen LogP contribution in [0.4, 0.5) is 15.0 Å². The van der Waals surface area contributed by atoms with Crippen molar-refractivity contribution in [2.45, 2.75) is 45.5 Å². The van der Waals surface area contributed by atoms with Gasteiger partial charge in [0.15, 0.2) is 5.82 Å². The third-order valence-corrected chi connectivity index (χ3v) is 6.47. The maximum atomic E-state index is 15.0. The van der Waals surface area contributed by atoms with E-state index >= 15 is 0 Å². The minimum absolute atomic E-state index is 0.0727. The van der Waals surface area contributed by atoms with Crippen LogP contribution in [-0.2, 0) is 22.6 Å². The molecule has 0 saturated carbocycles. The molecule has 198 valence electrons. The van der Waals surface area contributed by atoms with Gasteiger partial charge in [0.2, 0.25) is 0 Å². The number of aliphatic hydroxyl groups is 1. The molecule has 10 nitrogen and oxygen atoms in total. The number of carbonyl (C=O) groups is 1. The molecule has 1 N–H and O–H groups in total. The van der Waals surface area contributed by atoms with Gasteiger partial charge in [0.25, 0.3) is 0 Å². The second-order valence-electron chi connectivity index (χ2n) is 10.3. The first kappa shape index (κ1) is 25.6. The number of amides is 1. The third kappa shape index (κ3) is 4.92. The van der Waals surface area contributed by atoms with E-state index in [1.54, 1.807) is 43.8 Å². The molecule has 2 aliphatic heterocycles. The molecule has 0 spiro atoms. The summed E-state index contributed by atoms with van der Waals surface area (Å²) in [7, 11) is 0. The van der Waals surface area contributed by atoms with E-state index in [4.69, 9.17) is 14.6 Å². The zero-order chi connectivity index (χ0) is 27.0. The van der Waals surface area contributed by atoms with Gasteiger partial charge in [-0.25, -0.2) is 13.9 Å². The fourth-order valence-corrected chi connectivity index (χ4v) is 4.72. The van der Waals surface area contributed by atoms with Gasteiger partial charge in [-0.15, -0.1) is 0 Å². The van der Waals surface area contributed by atoms with E-state index in [1.807, 2.05) is 17.0 Å². The SMILES string of the molecule is CC(C)(C)OC(=O)N1Cc2nc(-c3c(F)cccc3C#N)cc(-n3ccc(N4CCOC[C@@H]4CO)n3)c2C1. The molecule has 1 amide bonds. The number of hydrogen-bond acceptors (Lipinski definition) is 8. The van der Waals surface area contributed by atoms with E-state index in [0.717, 1.165) is 5.56 Å². The summed E-state index contributed by atoms with van der Waals surface area (Å²) in [6.45, 7) is 7.23. The minimum atomic E-state index is -0.666. The average molecular weight is 521 g/mol. The topological polar surface area (TPSA) is 117 Å². The van der Waals surface area contributed by atoms with Gasteiger partial charge in [-0.2, -0.15) is 10.4 Å². The van der Waals surface area contributed by atoms with E-state index in [0.29, 0.717) is 37.0 Å². The lowest BCUT2D eigenvalue weighted by atomic mass is 10.0. The van der Waals surface area contributed by atoms with Gasteiger partial charge < -0.3 is 19.5 Å². The molecule has 11 heteroatoms. The first-order chi connectivity index (χ1) is 18.2. The van der Waals surface area contributed by atoms with E-state index in [1.165, 1.54) is 17.0 Å². The maximum absolute atomic E-state index is 15.0. The van der Waals surface area contributed by atoms with Crippen LogP contribution in [0.1, 0.15) is 37.6 Å². The third-order valence-electron chi connectivity index (χ3n) is 6.47. The number of halogens is 1. The number of rotatable bonds is 4. The summed E-state index contributed by atoms with van der Waals surface area (Å²) in [6.07, 6.45) is 1.30. The molecule has 1 aromatic carbocycles. The Labute approximate surface area is 219 Å². The van der Waals surface area contributed by atoms with Crippen LogP contribution in [-0.4, -0.2) is 68.9 Å². The number of aromatic nitrogens is 3. The number of anilines is 1. The molecule has 1 atom stereocenters. The minimum Gasteiger partial charge on any atom is -0.444 e. The molecule has 3 aromatic rings. The second kappa shape index (κ2) is 10.0. The predicted octanol–water partition coefficient (Wildman–Crippen LogP) is 3.39. The van der Waals surface area contributed by atoms with Crippen LogP contribution in [0.3, 0.4) is 0 Å². The van der Waals surface area contributed by atoms with Crippen LogP contribution >= 0.6 is 0 Å². The number of pyridine rings is 1. The Morgan fingerprint density at radius 1 is 1.32 bits per heavy atom. The number of carbonyl (C=O) groups excluding carboxylic acids is 1. The van der Waals surface area contributed by atoms with Crippen molar-refractivity contribution in [3.05, 3.63) is 59.2 Å². The normalized spacial score (nSPS) is 17.3. The van der Waals surface area contributed by atoms with Crippen molar-refractivity contribution < 1.29 is 23.8 Å². The maximum Gasteiger partial charge on any atom is 0.410 e. The highest BCUT2D eigenvalue weighted by atomic mass is 19.1. The van der Waals surface area contributed by atoms with Crippen LogP contribution in [0.5, 0.6) is 0 Å². The number of nitrogens with zero attached hydrogens (tertiary/aromatic N) is 6. The van der Waals surface area contributed by atoms with Crippen molar-refractivity contribution >= 4 is 11.9 Å². The zero-order valence-corrected chi connectivity index (χ0v) is 21.5. The number of nitriles is 1.